The Labute approximate surface area is 141 Å². The number of nitrogens with two attached hydrogens (primary N) is 1. The number of anilines is 1. The summed E-state index contributed by atoms with van der Waals surface area (Å²) in [6.45, 7) is 2.90. The number of rotatable bonds is 7. The molecule has 0 fully saturated rings. The summed E-state index contributed by atoms with van der Waals surface area (Å²) in [6, 6.07) is 13.2. The normalized spacial score (nSPS) is 10.4. The van der Waals surface area contributed by atoms with Crippen LogP contribution in [0.5, 0.6) is 5.75 Å². The quantitative estimate of drug-likeness (QED) is 0.808. The molecule has 0 bridgehead atoms. The van der Waals surface area contributed by atoms with Gasteiger partial charge in [0.25, 0.3) is 0 Å². The van der Waals surface area contributed by atoms with E-state index < -0.39 is 0 Å². The Bertz CT molecular complexity index is 674. The summed E-state index contributed by atoms with van der Waals surface area (Å²) >= 11 is 5.95. The highest BCUT2D eigenvalue weighted by atomic mass is 35.5. The molecule has 0 radical (unpaired) electrons. The zero-order valence-corrected chi connectivity index (χ0v) is 13.9. The van der Waals surface area contributed by atoms with Gasteiger partial charge < -0.3 is 15.8 Å². The topological polar surface area (TPSA) is 64.3 Å². The van der Waals surface area contributed by atoms with Crippen molar-refractivity contribution < 1.29 is 9.53 Å². The van der Waals surface area contributed by atoms with Crippen molar-refractivity contribution in [1.29, 1.82) is 0 Å². The average Bonchev–Trinajstić information content (AvgIpc) is 2.53. The van der Waals surface area contributed by atoms with E-state index in [1.165, 1.54) is 0 Å². The summed E-state index contributed by atoms with van der Waals surface area (Å²) in [5.41, 5.74) is 8.16. The second kappa shape index (κ2) is 8.56. The van der Waals surface area contributed by atoms with E-state index in [-0.39, 0.29) is 5.91 Å². The maximum Gasteiger partial charge on any atom is 0.224 e. The number of nitrogens with one attached hydrogen (secondary N) is 1. The van der Waals surface area contributed by atoms with Crippen molar-refractivity contribution in [2.45, 2.75) is 26.4 Å². The Hall–Kier alpha value is -2.04. The molecular formula is C18H21ClN2O2. The number of benzene rings is 2. The number of halogens is 1. The monoisotopic (exact) mass is 332 g/mol. The van der Waals surface area contributed by atoms with Crippen LogP contribution in [-0.2, 0) is 11.4 Å². The highest BCUT2D eigenvalue weighted by Gasteiger charge is 2.06. The molecule has 2 aromatic rings. The highest BCUT2D eigenvalue weighted by Crippen LogP contribution is 2.23. The third-order valence-corrected chi connectivity index (χ3v) is 3.61. The third-order valence-electron chi connectivity index (χ3n) is 3.37. The zero-order valence-electron chi connectivity index (χ0n) is 13.1. The molecule has 0 saturated heterocycles. The van der Waals surface area contributed by atoms with Gasteiger partial charge in [0.05, 0.1) is 0 Å². The second-order valence-electron chi connectivity index (χ2n) is 5.34. The molecule has 3 N–H and O–H groups in total. The van der Waals surface area contributed by atoms with Gasteiger partial charge in [-0.25, -0.2) is 0 Å². The summed E-state index contributed by atoms with van der Waals surface area (Å²) in [5, 5.41) is 3.58. The first kappa shape index (κ1) is 17.3. The molecule has 2 rings (SSSR count). The van der Waals surface area contributed by atoms with Crippen LogP contribution < -0.4 is 15.8 Å². The van der Waals surface area contributed by atoms with Gasteiger partial charge in [-0.15, -0.1) is 0 Å². The van der Waals surface area contributed by atoms with E-state index in [1.807, 2.05) is 49.4 Å². The van der Waals surface area contributed by atoms with Crippen LogP contribution >= 0.6 is 11.6 Å². The number of carbonyl (C=O) groups excluding carboxylic acids is 1. The predicted molar refractivity (Wildman–Crippen MR) is 93.9 cm³/mol. The Morgan fingerprint density at radius 3 is 2.78 bits per heavy atom. The van der Waals surface area contributed by atoms with E-state index in [2.05, 4.69) is 5.32 Å². The maximum absolute atomic E-state index is 11.7. The van der Waals surface area contributed by atoms with E-state index in [0.717, 1.165) is 22.6 Å². The van der Waals surface area contributed by atoms with Crippen LogP contribution in [0.3, 0.4) is 0 Å². The van der Waals surface area contributed by atoms with Gasteiger partial charge >= 0.3 is 0 Å². The van der Waals surface area contributed by atoms with Gasteiger partial charge in [0.15, 0.2) is 0 Å². The molecule has 0 saturated carbocycles. The van der Waals surface area contributed by atoms with Gasteiger partial charge in [-0.1, -0.05) is 23.7 Å². The minimum atomic E-state index is -0.0221. The molecule has 23 heavy (non-hydrogen) atoms. The molecule has 2 aromatic carbocycles. The largest absolute Gasteiger partial charge is 0.489 e. The van der Waals surface area contributed by atoms with Crippen LogP contribution in [0.15, 0.2) is 42.5 Å². The van der Waals surface area contributed by atoms with Gasteiger partial charge in [0.1, 0.15) is 12.4 Å². The van der Waals surface area contributed by atoms with Crippen LogP contribution in [-0.4, -0.2) is 12.5 Å². The van der Waals surface area contributed by atoms with Crippen LogP contribution in [0.1, 0.15) is 24.0 Å². The Morgan fingerprint density at radius 1 is 1.26 bits per heavy atom. The lowest BCUT2D eigenvalue weighted by Gasteiger charge is -2.11. The summed E-state index contributed by atoms with van der Waals surface area (Å²) in [6.07, 6.45) is 1.12. The third kappa shape index (κ3) is 5.58. The van der Waals surface area contributed by atoms with Crippen molar-refractivity contribution >= 4 is 23.2 Å². The summed E-state index contributed by atoms with van der Waals surface area (Å²) in [7, 11) is 0. The summed E-state index contributed by atoms with van der Waals surface area (Å²) in [4.78, 5) is 11.7. The van der Waals surface area contributed by atoms with Crippen molar-refractivity contribution in [3.05, 3.63) is 58.6 Å². The first-order chi connectivity index (χ1) is 11.1. The van der Waals surface area contributed by atoms with Crippen molar-refractivity contribution in [3.8, 4) is 5.75 Å². The molecule has 5 heteroatoms. The van der Waals surface area contributed by atoms with Crippen molar-refractivity contribution in [2.24, 2.45) is 5.73 Å². The minimum absolute atomic E-state index is 0.0221. The second-order valence-corrected chi connectivity index (χ2v) is 5.77. The van der Waals surface area contributed by atoms with Gasteiger partial charge in [0.2, 0.25) is 5.91 Å². The Kier molecular flexibility index (Phi) is 6.44. The average molecular weight is 333 g/mol. The van der Waals surface area contributed by atoms with Gasteiger partial charge in [0, 0.05) is 17.1 Å². The smallest absolute Gasteiger partial charge is 0.224 e. The van der Waals surface area contributed by atoms with Crippen LogP contribution in [0.25, 0.3) is 0 Å². The lowest BCUT2D eigenvalue weighted by Crippen LogP contribution is -2.14. The highest BCUT2D eigenvalue weighted by molar-refractivity contribution is 6.30. The fraction of sp³-hybridized carbons (Fsp3) is 0.278. The molecule has 4 nitrogen and oxygen atoms in total. The SMILES string of the molecule is Cc1cc(OCc2cccc(Cl)c2)ccc1NC(=O)CCCN. The van der Waals surface area contributed by atoms with Crippen LogP contribution in [0.4, 0.5) is 5.69 Å². The standard InChI is InChI=1S/C18H21ClN2O2/c1-13-10-16(23-12-14-4-2-5-15(19)11-14)7-8-17(13)21-18(22)6-3-9-20/h2,4-5,7-8,10-11H,3,6,9,12,20H2,1H3,(H,21,22). The molecule has 0 heterocycles. The molecule has 1 amide bonds. The Balaban J connectivity index is 1.94. The van der Waals surface area contributed by atoms with Crippen molar-refractivity contribution in [1.82, 2.24) is 0 Å². The molecule has 0 aliphatic carbocycles. The first-order valence-electron chi connectivity index (χ1n) is 7.56. The number of ether oxygens (including phenoxy) is 1. The predicted octanol–water partition coefficient (Wildman–Crippen LogP) is 3.90. The molecule has 0 spiro atoms. The molecule has 0 aliphatic heterocycles. The number of amides is 1. The lowest BCUT2D eigenvalue weighted by atomic mass is 10.1. The van der Waals surface area contributed by atoms with Crippen LogP contribution in [0.2, 0.25) is 5.02 Å². The number of carbonyl (C=O) groups is 1. The Morgan fingerprint density at radius 2 is 2.09 bits per heavy atom. The van der Waals surface area contributed by atoms with E-state index in [1.54, 1.807) is 0 Å². The van der Waals surface area contributed by atoms with Gasteiger partial charge in [-0.3, -0.25) is 4.79 Å². The molecule has 122 valence electrons. The lowest BCUT2D eigenvalue weighted by molar-refractivity contribution is -0.116. The summed E-state index contributed by atoms with van der Waals surface area (Å²) in [5.74, 6) is 0.730. The minimum Gasteiger partial charge on any atom is -0.489 e. The molecule has 0 atom stereocenters. The molecule has 0 aliphatic rings. The van der Waals surface area contributed by atoms with Crippen molar-refractivity contribution in [2.75, 3.05) is 11.9 Å². The van der Waals surface area contributed by atoms with E-state index in [4.69, 9.17) is 22.1 Å². The first-order valence-corrected chi connectivity index (χ1v) is 7.94. The number of aryl methyl sites for hydroxylation is 1. The van der Waals surface area contributed by atoms with E-state index >= 15 is 0 Å². The van der Waals surface area contributed by atoms with E-state index in [0.29, 0.717) is 31.0 Å². The maximum atomic E-state index is 11.7. The summed E-state index contributed by atoms with van der Waals surface area (Å²) < 4.78 is 5.76. The fourth-order valence-corrected chi connectivity index (χ4v) is 2.35. The van der Waals surface area contributed by atoms with Gasteiger partial charge in [-0.2, -0.15) is 0 Å². The molecule has 0 aromatic heterocycles. The number of hydrogen-bond acceptors (Lipinski definition) is 3. The zero-order chi connectivity index (χ0) is 16.7. The van der Waals surface area contributed by atoms with Crippen molar-refractivity contribution in [3.63, 3.8) is 0 Å². The van der Waals surface area contributed by atoms with Crippen LogP contribution in [0, 0.1) is 6.92 Å². The fourth-order valence-electron chi connectivity index (χ4n) is 2.13. The van der Waals surface area contributed by atoms with Gasteiger partial charge in [-0.05, 0) is 61.3 Å². The molecule has 0 unspecified atom stereocenters. The van der Waals surface area contributed by atoms with E-state index in [9.17, 15) is 4.79 Å². The number of hydrogen-bond donors (Lipinski definition) is 2. The molecular weight excluding hydrogens is 312 g/mol.